The Morgan fingerprint density at radius 3 is 2.67 bits per heavy atom. The third kappa shape index (κ3) is 3.68. The molecule has 6 rings (SSSR count). The Hall–Kier alpha value is -2.29. The van der Waals surface area contributed by atoms with Crippen LogP contribution in [0, 0.1) is 12.3 Å². The van der Waals surface area contributed by atoms with Gasteiger partial charge in [0.1, 0.15) is 6.33 Å². The molecule has 2 aliphatic rings. The van der Waals surface area contributed by atoms with Gasteiger partial charge in [-0.1, -0.05) is 6.92 Å². The van der Waals surface area contributed by atoms with Gasteiger partial charge in [0.2, 0.25) is 0 Å². The Morgan fingerprint density at radius 1 is 1.18 bits per heavy atom. The molecule has 2 aliphatic heterocycles. The van der Waals surface area contributed by atoms with Gasteiger partial charge in [-0.05, 0) is 64.4 Å². The van der Waals surface area contributed by atoms with Gasteiger partial charge in [0, 0.05) is 35.7 Å². The van der Waals surface area contributed by atoms with Crippen molar-refractivity contribution >= 4 is 27.3 Å². The number of ether oxygens (including phenoxy) is 1. The van der Waals surface area contributed by atoms with Crippen LogP contribution in [0.3, 0.4) is 0 Å². The molecule has 0 N–H and O–H groups in total. The van der Waals surface area contributed by atoms with Crippen LogP contribution in [-0.4, -0.2) is 61.9 Å². The van der Waals surface area contributed by atoms with Gasteiger partial charge in [-0.25, -0.2) is 14.5 Å². The maximum absolute atomic E-state index is 5.44. The van der Waals surface area contributed by atoms with E-state index in [0.717, 1.165) is 55.3 Å². The first-order valence-electron chi connectivity index (χ1n) is 12.0. The van der Waals surface area contributed by atoms with Crippen molar-refractivity contribution in [1.82, 2.24) is 29.0 Å². The molecule has 0 aromatic carbocycles. The van der Waals surface area contributed by atoms with E-state index < -0.39 is 0 Å². The molecular weight excluding hydrogens is 432 g/mol. The maximum atomic E-state index is 5.44. The maximum Gasteiger partial charge on any atom is 0.158 e. The van der Waals surface area contributed by atoms with Gasteiger partial charge in [-0.3, -0.25) is 0 Å². The second-order valence-corrected chi connectivity index (χ2v) is 11.6. The highest BCUT2D eigenvalue weighted by Gasteiger charge is 2.36. The third-order valence-electron chi connectivity index (χ3n) is 7.22. The zero-order valence-corrected chi connectivity index (χ0v) is 20.7. The SMILES string of the molecule is Cc1cc(-c2cc3sc(C4CCN(CC5(C)COC5)CC4)nc3n2C(C)C)cn2ncnc12. The molecule has 33 heavy (non-hydrogen) atoms. The van der Waals surface area contributed by atoms with Gasteiger partial charge in [-0.2, -0.15) is 5.10 Å². The quantitative estimate of drug-likeness (QED) is 0.420. The summed E-state index contributed by atoms with van der Waals surface area (Å²) in [6, 6.07) is 4.86. The summed E-state index contributed by atoms with van der Waals surface area (Å²) >= 11 is 1.89. The molecule has 2 saturated heterocycles. The first-order valence-corrected chi connectivity index (χ1v) is 12.8. The van der Waals surface area contributed by atoms with Crippen molar-refractivity contribution in [2.75, 3.05) is 32.8 Å². The van der Waals surface area contributed by atoms with E-state index in [1.165, 1.54) is 28.2 Å². The van der Waals surface area contributed by atoms with Crippen molar-refractivity contribution in [1.29, 1.82) is 0 Å². The minimum Gasteiger partial charge on any atom is -0.380 e. The summed E-state index contributed by atoms with van der Waals surface area (Å²) in [6.45, 7) is 14.2. The van der Waals surface area contributed by atoms with Gasteiger partial charge in [0.25, 0.3) is 0 Å². The number of hydrogen-bond acceptors (Lipinski definition) is 6. The number of fused-ring (bicyclic) bond motifs is 2. The second-order valence-electron chi connectivity index (χ2n) is 10.5. The van der Waals surface area contributed by atoms with Crippen molar-refractivity contribution in [3.8, 4) is 11.3 Å². The Kier molecular flexibility index (Phi) is 5.08. The average Bonchev–Trinajstić information content (AvgIpc) is 3.47. The molecule has 0 aliphatic carbocycles. The number of aromatic nitrogens is 5. The molecular formula is C25H32N6OS. The van der Waals surface area contributed by atoms with E-state index in [-0.39, 0.29) is 0 Å². The fourth-order valence-corrected chi connectivity index (χ4v) is 6.65. The molecule has 4 aromatic rings. The normalized spacial score (nSPS) is 19.7. The predicted molar refractivity (Wildman–Crippen MR) is 132 cm³/mol. The van der Waals surface area contributed by atoms with Crippen LogP contribution in [0.5, 0.6) is 0 Å². The highest BCUT2D eigenvalue weighted by molar-refractivity contribution is 7.18. The lowest BCUT2D eigenvalue weighted by Crippen LogP contribution is -2.50. The summed E-state index contributed by atoms with van der Waals surface area (Å²) in [6.07, 6.45) is 6.09. The van der Waals surface area contributed by atoms with E-state index >= 15 is 0 Å². The van der Waals surface area contributed by atoms with Crippen LogP contribution < -0.4 is 0 Å². The molecule has 4 aromatic heterocycles. The molecule has 0 spiro atoms. The molecule has 7 nitrogen and oxygen atoms in total. The first-order chi connectivity index (χ1) is 15.9. The molecule has 0 radical (unpaired) electrons. The minimum atomic E-state index is 0.325. The van der Waals surface area contributed by atoms with Crippen LogP contribution in [0.4, 0.5) is 0 Å². The van der Waals surface area contributed by atoms with E-state index in [2.05, 4.69) is 65.6 Å². The largest absolute Gasteiger partial charge is 0.380 e. The number of aryl methyl sites for hydroxylation is 1. The fraction of sp³-hybridized carbons (Fsp3) is 0.560. The molecule has 174 valence electrons. The van der Waals surface area contributed by atoms with Gasteiger partial charge >= 0.3 is 0 Å². The van der Waals surface area contributed by atoms with Crippen molar-refractivity contribution in [3.05, 3.63) is 35.2 Å². The lowest BCUT2D eigenvalue weighted by molar-refractivity contribution is -0.116. The van der Waals surface area contributed by atoms with E-state index in [0.29, 0.717) is 17.4 Å². The standard InChI is InChI=1S/C25H32N6OS/c1-16(2)31-20(19-9-17(3)22-26-15-27-30(22)11-19)10-21-23(31)28-24(33-21)18-5-7-29(8-6-18)12-25(4)13-32-14-25/h9-11,15-16,18H,5-8,12-14H2,1-4H3. The van der Waals surface area contributed by atoms with E-state index in [1.807, 2.05) is 15.9 Å². The van der Waals surface area contributed by atoms with E-state index in [1.54, 1.807) is 6.33 Å². The summed E-state index contributed by atoms with van der Waals surface area (Å²) in [7, 11) is 0. The average molecular weight is 465 g/mol. The lowest BCUT2D eigenvalue weighted by atomic mass is 9.86. The smallest absolute Gasteiger partial charge is 0.158 e. The lowest BCUT2D eigenvalue weighted by Gasteiger charge is -2.43. The molecule has 2 fully saturated rings. The Morgan fingerprint density at radius 2 is 1.97 bits per heavy atom. The van der Waals surface area contributed by atoms with Gasteiger partial charge < -0.3 is 14.2 Å². The topological polar surface area (TPSA) is 60.5 Å². The second kappa shape index (κ2) is 7.89. The minimum absolute atomic E-state index is 0.325. The van der Waals surface area contributed by atoms with E-state index in [9.17, 15) is 0 Å². The third-order valence-corrected chi connectivity index (χ3v) is 8.38. The first kappa shape index (κ1) is 21.3. The van der Waals surface area contributed by atoms with Crippen LogP contribution in [0.2, 0.25) is 0 Å². The summed E-state index contributed by atoms with van der Waals surface area (Å²) < 4.78 is 11.0. The Balaban J connectivity index is 1.27. The number of hydrogen-bond donors (Lipinski definition) is 0. The molecule has 8 heteroatoms. The number of nitrogens with zero attached hydrogens (tertiary/aromatic N) is 6. The van der Waals surface area contributed by atoms with Crippen molar-refractivity contribution in [2.24, 2.45) is 5.41 Å². The predicted octanol–water partition coefficient (Wildman–Crippen LogP) is 4.91. The van der Waals surface area contributed by atoms with Crippen LogP contribution in [0.25, 0.3) is 27.3 Å². The monoisotopic (exact) mass is 464 g/mol. The van der Waals surface area contributed by atoms with Gasteiger partial charge in [0.15, 0.2) is 11.3 Å². The highest BCUT2D eigenvalue weighted by atomic mass is 32.1. The van der Waals surface area contributed by atoms with Crippen molar-refractivity contribution < 1.29 is 4.74 Å². The molecule has 0 saturated carbocycles. The summed E-state index contributed by atoms with van der Waals surface area (Å²) in [5, 5.41) is 5.67. The zero-order chi connectivity index (χ0) is 22.7. The van der Waals surface area contributed by atoms with Crippen LogP contribution in [0.1, 0.15) is 56.1 Å². The molecule has 0 bridgehead atoms. The molecule has 0 amide bonds. The Bertz CT molecular complexity index is 1310. The number of rotatable bonds is 5. The van der Waals surface area contributed by atoms with Gasteiger partial charge in [0.05, 0.1) is 28.6 Å². The summed E-state index contributed by atoms with van der Waals surface area (Å²) in [4.78, 5) is 12.2. The molecule has 6 heterocycles. The van der Waals surface area contributed by atoms with Crippen molar-refractivity contribution in [3.63, 3.8) is 0 Å². The van der Waals surface area contributed by atoms with Crippen LogP contribution >= 0.6 is 11.3 Å². The number of piperidine rings is 1. The highest BCUT2D eigenvalue weighted by Crippen LogP contribution is 2.39. The molecule has 0 atom stereocenters. The van der Waals surface area contributed by atoms with Crippen molar-refractivity contribution in [2.45, 2.75) is 52.5 Å². The number of likely N-dealkylation sites (tertiary alicyclic amines) is 1. The van der Waals surface area contributed by atoms with Gasteiger partial charge in [-0.15, -0.1) is 11.3 Å². The number of thiazole rings is 1. The fourth-order valence-electron chi connectivity index (χ4n) is 5.49. The van der Waals surface area contributed by atoms with Crippen LogP contribution in [-0.2, 0) is 4.74 Å². The Labute approximate surface area is 198 Å². The molecule has 0 unspecified atom stereocenters. The number of pyridine rings is 1. The van der Waals surface area contributed by atoms with E-state index in [4.69, 9.17) is 9.72 Å². The summed E-state index contributed by atoms with van der Waals surface area (Å²) in [5.74, 6) is 0.571. The van der Waals surface area contributed by atoms with Crippen LogP contribution in [0.15, 0.2) is 24.7 Å². The summed E-state index contributed by atoms with van der Waals surface area (Å²) in [5.41, 5.74) is 5.89. The zero-order valence-electron chi connectivity index (χ0n) is 19.9.